The fourth-order valence-electron chi connectivity index (χ4n) is 2.06. The first-order chi connectivity index (χ1) is 9.75. The highest BCUT2D eigenvalue weighted by Gasteiger charge is 2.13. The first-order valence-corrected chi connectivity index (χ1v) is 6.10. The number of carbonyl (C=O) groups is 1. The Morgan fingerprint density at radius 1 is 1.15 bits per heavy atom. The van der Waals surface area contributed by atoms with Crippen molar-refractivity contribution in [2.45, 2.75) is 0 Å². The molecule has 5 nitrogen and oxygen atoms in total. The summed E-state index contributed by atoms with van der Waals surface area (Å²) in [5, 5.41) is 14.6. The molecule has 1 amide bonds. The first kappa shape index (κ1) is 12.1. The second-order valence-corrected chi connectivity index (χ2v) is 4.31. The van der Waals surface area contributed by atoms with Gasteiger partial charge in [0.2, 0.25) is 0 Å². The van der Waals surface area contributed by atoms with Crippen LogP contribution in [-0.2, 0) is 4.79 Å². The topological polar surface area (TPSA) is 70.7 Å². The fourth-order valence-corrected chi connectivity index (χ4v) is 2.06. The molecule has 0 fully saturated rings. The second kappa shape index (κ2) is 4.97. The van der Waals surface area contributed by atoms with Crippen LogP contribution in [0.3, 0.4) is 0 Å². The normalized spacial score (nSPS) is 10.4. The van der Waals surface area contributed by atoms with Crippen molar-refractivity contribution in [2.24, 2.45) is 0 Å². The summed E-state index contributed by atoms with van der Waals surface area (Å²) in [4.78, 5) is 12.2. The van der Waals surface area contributed by atoms with Crippen LogP contribution in [0.25, 0.3) is 16.3 Å². The number of hydrogen-bond acceptors (Lipinski definition) is 3. The Labute approximate surface area is 115 Å². The molecule has 0 spiro atoms. The number of anilines is 1. The third kappa shape index (κ3) is 2.16. The maximum absolute atomic E-state index is 12.2. The molecule has 0 aliphatic carbocycles. The van der Waals surface area contributed by atoms with E-state index in [0.717, 1.165) is 16.3 Å². The quantitative estimate of drug-likeness (QED) is 0.714. The zero-order chi connectivity index (χ0) is 13.9. The molecule has 5 heteroatoms. The molecular formula is C15H12N4O. The summed E-state index contributed by atoms with van der Waals surface area (Å²) >= 11 is 0. The number of aromatic nitrogens is 3. The van der Waals surface area contributed by atoms with Crippen LogP contribution >= 0.6 is 0 Å². The lowest BCUT2D eigenvalue weighted by Crippen LogP contribution is -2.13. The van der Waals surface area contributed by atoms with E-state index in [2.05, 4.69) is 27.3 Å². The zero-order valence-electron chi connectivity index (χ0n) is 10.6. The number of nitrogens with zero attached hydrogens (tertiary/aromatic N) is 2. The van der Waals surface area contributed by atoms with Gasteiger partial charge < -0.3 is 5.32 Å². The van der Waals surface area contributed by atoms with E-state index < -0.39 is 0 Å². The van der Waals surface area contributed by atoms with Gasteiger partial charge in [-0.2, -0.15) is 10.3 Å². The smallest absolute Gasteiger partial charge is 0.256 e. The highest BCUT2D eigenvalue weighted by molar-refractivity contribution is 6.26. The van der Waals surface area contributed by atoms with Gasteiger partial charge in [-0.3, -0.25) is 4.79 Å². The number of amides is 1. The molecule has 1 aromatic heterocycles. The maximum atomic E-state index is 12.2. The molecule has 0 saturated heterocycles. The molecular weight excluding hydrogens is 252 g/mol. The first-order valence-electron chi connectivity index (χ1n) is 6.10. The monoisotopic (exact) mass is 264 g/mol. The molecule has 0 bridgehead atoms. The Kier molecular flexibility index (Phi) is 3.01. The predicted molar refractivity (Wildman–Crippen MR) is 78.0 cm³/mol. The summed E-state index contributed by atoms with van der Waals surface area (Å²) in [5.74, 6) is 0.0756. The van der Waals surface area contributed by atoms with Crippen molar-refractivity contribution in [3.8, 4) is 0 Å². The summed E-state index contributed by atoms with van der Waals surface area (Å²) in [7, 11) is 0. The van der Waals surface area contributed by atoms with Crippen LogP contribution in [0.4, 0.5) is 5.82 Å². The Balaban J connectivity index is 1.94. The van der Waals surface area contributed by atoms with E-state index >= 15 is 0 Å². The number of benzene rings is 2. The van der Waals surface area contributed by atoms with E-state index in [1.807, 2.05) is 42.5 Å². The van der Waals surface area contributed by atoms with E-state index in [1.54, 1.807) is 0 Å². The number of rotatable bonds is 3. The zero-order valence-corrected chi connectivity index (χ0v) is 10.6. The molecule has 2 N–H and O–H groups in total. The lowest BCUT2D eigenvalue weighted by atomic mass is 9.99. The van der Waals surface area contributed by atoms with Gasteiger partial charge in [0.05, 0.1) is 6.20 Å². The number of fused-ring (bicyclic) bond motifs is 1. The van der Waals surface area contributed by atoms with Crippen molar-refractivity contribution in [3.05, 3.63) is 60.8 Å². The van der Waals surface area contributed by atoms with Gasteiger partial charge in [-0.25, -0.2) is 0 Å². The highest BCUT2D eigenvalue weighted by Crippen LogP contribution is 2.24. The van der Waals surface area contributed by atoms with Crippen LogP contribution in [0.15, 0.2) is 55.2 Å². The Bertz CT molecular complexity index is 772. The largest absolute Gasteiger partial charge is 0.304 e. The number of carbonyl (C=O) groups excluding carboxylic acids is 1. The predicted octanol–water partition coefficient (Wildman–Crippen LogP) is 2.61. The molecule has 0 aliphatic heterocycles. The molecule has 2 aromatic carbocycles. The van der Waals surface area contributed by atoms with Gasteiger partial charge in [-0.15, -0.1) is 5.10 Å². The lowest BCUT2D eigenvalue weighted by molar-refractivity contribution is -0.111. The van der Waals surface area contributed by atoms with Gasteiger partial charge in [-0.05, 0) is 16.3 Å². The third-order valence-corrected chi connectivity index (χ3v) is 3.05. The van der Waals surface area contributed by atoms with Crippen LogP contribution in [0.1, 0.15) is 5.56 Å². The van der Waals surface area contributed by atoms with Gasteiger partial charge in [0, 0.05) is 5.57 Å². The molecule has 3 aromatic rings. The number of nitrogens with one attached hydrogen (secondary N) is 2. The van der Waals surface area contributed by atoms with Crippen molar-refractivity contribution in [2.75, 3.05) is 5.32 Å². The molecule has 0 saturated carbocycles. The summed E-state index contributed by atoms with van der Waals surface area (Å²) in [6, 6.07) is 13.7. The fraction of sp³-hybridized carbons (Fsp3) is 0. The van der Waals surface area contributed by atoms with Gasteiger partial charge in [0.15, 0.2) is 5.82 Å². The van der Waals surface area contributed by atoms with E-state index in [9.17, 15) is 4.79 Å². The summed E-state index contributed by atoms with van der Waals surface area (Å²) in [6.07, 6.45) is 1.44. The molecule has 1 heterocycles. The van der Waals surface area contributed by atoms with Crippen molar-refractivity contribution in [1.29, 1.82) is 0 Å². The Morgan fingerprint density at radius 3 is 2.75 bits per heavy atom. The average Bonchev–Trinajstić information content (AvgIpc) is 2.99. The Morgan fingerprint density at radius 2 is 1.95 bits per heavy atom. The van der Waals surface area contributed by atoms with E-state index in [4.69, 9.17) is 0 Å². The lowest BCUT2D eigenvalue weighted by Gasteiger charge is -2.09. The number of H-pyrrole nitrogens is 1. The minimum atomic E-state index is -0.296. The molecule has 0 atom stereocenters. The molecule has 98 valence electrons. The van der Waals surface area contributed by atoms with E-state index in [1.165, 1.54) is 6.20 Å². The van der Waals surface area contributed by atoms with Crippen molar-refractivity contribution < 1.29 is 4.79 Å². The van der Waals surface area contributed by atoms with Crippen LogP contribution in [-0.4, -0.2) is 21.3 Å². The Hall–Kier alpha value is -2.95. The molecule has 3 rings (SSSR count). The minimum absolute atomic E-state index is 0.296. The SMILES string of the molecule is C=C(C(=O)Nc1cn[nH]n1)c1cccc2ccccc12. The maximum Gasteiger partial charge on any atom is 0.256 e. The van der Waals surface area contributed by atoms with Gasteiger partial charge in [0.1, 0.15) is 0 Å². The van der Waals surface area contributed by atoms with Crippen molar-refractivity contribution in [1.82, 2.24) is 15.4 Å². The van der Waals surface area contributed by atoms with Crippen molar-refractivity contribution >= 4 is 28.1 Å². The molecule has 0 radical (unpaired) electrons. The highest BCUT2D eigenvalue weighted by atomic mass is 16.1. The van der Waals surface area contributed by atoms with Crippen LogP contribution in [0.5, 0.6) is 0 Å². The third-order valence-electron chi connectivity index (χ3n) is 3.05. The second-order valence-electron chi connectivity index (χ2n) is 4.31. The standard InChI is InChI=1S/C15H12N4O/c1-10(15(20)17-14-9-16-19-18-14)12-8-4-6-11-5-2-3-7-13(11)12/h2-9H,1H2,(H2,16,17,18,19,20). The summed E-state index contributed by atoms with van der Waals surface area (Å²) < 4.78 is 0. The van der Waals surface area contributed by atoms with Crippen molar-refractivity contribution in [3.63, 3.8) is 0 Å². The van der Waals surface area contributed by atoms with Crippen LogP contribution < -0.4 is 5.32 Å². The van der Waals surface area contributed by atoms with Crippen LogP contribution in [0, 0.1) is 0 Å². The average molecular weight is 264 g/mol. The summed E-state index contributed by atoms with van der Waals surface area (Å²) in [6.45, 7) is 3.89. The molecule has 0 unspecified atom stereocenters. The van der Waals surface area contributed by atoms with Gasteiger partial charge >= 0.3 is 0 Å². The molecule has 20 heavy (non-hydrogen) atoms. The van der Waals surface area contributed by atoms with E-state index in [-0.39, 0.29) is 5.91 Å². The molecule has 0 aliphatic rings. The van der Waals surface area contributed by atoms with Gasteiger partial charge in [0.25, 0.3) is 5.91 Å². The van der Waals surface area contributed by atoms with E-state index in [0.29, 0.717) is 11.4 Å². The number of aromatic amines is 1. The van der Waals surface area contributed by atoms with Gasteiger partial charge in [-0.1, -0.05) is 49.0 Å². The van der Waals surface area contributed by atoms with Crippen LogP contribution in [0.2, 0.25) is 0 Å². The minimum Gasteiger partial charge on any atom is -0.304 e. The summed E-state index contributed by atoms with van der Waals surface area (Å²) in [5.41, 5.74) is 1.20. The number of hydrogen-bond donors (Lipinski definition) is 2.